The van der Waals surface area contributed by atoms with E-state index in [4.69, 9.17) is 9.47 Å². The Labute approximate surface area is 143 Å². The van der Waals surface area contributed by atoms with Crippen LogP contribution in [-0.2, 0) is 27.1 Å². The molecule has 24 heavy (non-hydrogen) atoms. The van der Waals surface area contributed by atoms with E-state index in [0.29, 0.717) is 6.54 Å². The first kappa shape index (κ1) is 19.7. The monoisotopic (exact) mass is 331 g/mol. The van der Waals surface area contributed by atoms with Gasteiger partial charge in [0.1, 0.15) is 11.6 Å². The van der Waals surface area contributed by atoms with Crippen LogP contribution in [0.1, 0.15) is 25.0 Å². The molecule has 0 unspecified atom stereocenters. The molecular weight excluding hydrogens is 306 g/mol. The molecule has 6 nitrogen and oxygen atoms in total. The highest BCUT2D eigenvalue weighted by Crippen LogP contribution is 2.23. The fourth-order valence-electron chi connectivity index (χ4n) is 2.25. The van der Waals surface area contributed by atoms with Gasteiger partial charge in [0.05, 0.1) is 6.54 Å². The van der Waals surface area contributed by atoms with Crippen molar-refractivity contribution in [2.75, 3.05) is 26.1 Å². The number of aryl methyl sites for hydroxylation is 2. The van der Waals surface area contributed by atoms with Crippen LogP contribution in [-0.4, -0.2) is 33.0 Å². The van der Waals surface area contributed by atoms with Crippen molar-refractivity contribution in [1.82, 2.24) is 5.32 Å². The van der Waals surface area contributed by atoms with Gasteiger partial charge in [0.15, 0.2) is 6.29 Å². The maximum Gasteiger partial charge on any atom is 0.267 e. The molecule has 0 aliphatic rings. The molecule has 0 fully saturated rings. The SMILES string of the molecule is CCc1cccc(CC)c1NC(=O)/C(C#N)=C\NCC(OC)OC. The Morgan fingerprint density at radius 1 is 1.25 bits per heavy atom. The average Bonchev–Trinajstić information content (AvgIpc) is 2.62. The summed E-state index contributed by atoms with van der Waals surface area (Å²) >= 11 is 0. The van der Waals surface area contributed by atoms with E-state index < -0.39 is 12.2 Å². The number of methoxy groups -OCH3 is 2. The van der Waals surface area contributed by atoms with Gasteiger partial charge in [-0.05, 0) is 24.0 Å². The van der Waals surface area contributed by atoms with Gasteiger partial charge in [0.25, 0.3) is 5.91 Å². The van der Waals surface area contributed by atoms with Crippen LogP contribution >= 0.6 is 0 Å². The highest BCUT2D eigenvalue weighted by molar-refractivity contribution is 6.07. The number of hydrogen-bond donors (Lipinski definition) is 2. The summed E-state index contributed by atoms with van der Waals surface area (Å²) in [6.45, 7) is 4.39. The Kier molecular flexibility index (Phi) is 8.55. The molecule has 1 amide bonds. The van der Waals surface area contributed by atoms with E-state index >= 15 is 0 Å². The minimum atomic E-state index is -0.447. The lowest BCUT2D eigenvalue weighted by atomic mass is 10.0. The number of hydrogen-bond acceptors (Lipinski definition) is 5. The second-order valence-electron chi connectivity index (χ2n) is 5.09. The standard InChI is InChI=1S/C18H25N3O3/c1-5-13-8-7-9-14(6-2)17(13)21-18(22)15(10-19)11-20-12-16(23-3)24-4/h7-9,11,16,20H,5-6,12H2,1-4H3,(H,21,22)/b15-11-. The van der Waals surface area contributed by atoms with Gasteiger partial charge >= 0.3 is 0 Å². The lowest BCUT2D eigenvalue weighted by molar-refractivity contribution is -0.112. The third-order valence-electron chi connectivity index (χ3n) is 3.66. The number of rotatable bonds is 9. The molecule has 6 heteroatoms. The highest BCUT2D eigenvalue weighted by Gasteiger charge is 2.14. The van der Waals surface area contributed by atoms with Crippen molar-refractivity contribution in [3.63, 3.8) is 0 Å². The number of nitrogens with one attached hydrogen (secondary N) is 2. The number of benzene rings is 1. The van der Waals surface area contributed by atoms with Crippen molar-refractivity contribution in [2.45, 2.75) is 33.0 Å². The van der Waals surface area contributed by atoms with Gasteiger partial charge in [0, 0.05) is 26.1 Å². The molecule has 0 heterocycles. The summed E-state index contributed by atoms with van der Waals surface area (Å²) in [6, 6.07) is 7.84. The number of nitrogens with zero attached hydrogens (tertiary/aromatic N) is 1. The molecule has 0 saturated carbocycles. The maximum absolute atomic E-state index is 12.4. The van der Waals surface area contributed by atoms with E-state index in [0.717, 1.165) is 29.7 Å². The number of carbonyl (C=O) groups is 1. The van der Waals surface area contributed by atoms with Crippen LogP contribution < -0.4 is 10.6 Å². The van der Waals surface area contributed by atoms with E-state index in [9.17, 15) is 10.1 Å². The second-order valence-corrected chi connectivity index (χ2v) is 5.09. The Morgan fingerprint density at radius 3 is 2.29 bits per heavy atom. The Morgan fingerprint density at radius 2 is 1.83 bits per heavy atom. The molecule has 0 aliphatic carbocycles. The van der Waals surface area contributed by atoms with Gasteiger partial charge < -0.3 is 20.1 Å². The van der Waals surface area contributed by atoms with Gasteiger partial charge in [-0.15, -0.1) is 0 Å². The molecule has 0 aromatic heterocycles. The minimum Gasteiger partial charge on any atom is -0.385 e. The second kappa shape index (κ2) is 10.4. The van der Waals surface area contributed by atoms with Gasteiger partial charge in [-0.1, -0.05) is 32.0 Å². The highest BCUT2D eigenvalue weighted by atomic mass is 16.7. The fraction of sp³-hybridized carbons (Fsp3) is 0.444. The molecule has 0 saturated heterocycles. The van der Waals surface area contributed by atoms with Crippen LogP contribution in [0.15, 0.2) is 30.0 Å². The lowest BCUT2D eigenvalue weighted by Gasteiger charge is -2.15. The predicted octanol–water partition coefficient (Wildman–Crippen LogP) is 2.37. The van der Waals surface area contributed by atoms with E-state index in [-0.39, 0.29) is 5.57 Å². The van der Waals surface area contributed by atoms with Crippen molar-refractivity contribution in [3.05, 3.63) is 41.1 Å². The molecule has 130 valence electrons. The summed E-state index contributed by atoms with van der Waals surface area (Å²) in [6.07, 6.45) is 2.53. The van der Waals surface area contributed by atoms with E-state index in [2.05, 4.69) is 10.6 Å². The van der Waals surface area contributed by atoms with E-state index in [1.165, 1.54) is 20.4 Å². The zero-order valence-electron chi connectivity index (χ0n) is 14.7. The topological polar surface area (TPSA) is 83.4 Å². The molecule has 1 aromatic carbocycles. The third kappa shape index (κ3) is 5.37. The van der Waals surface area contributed by atoms with Gasteiger partial charge in [0.2, 0.25) is 0 Å². The van der Waals surface area contributed by atoms with Crippen molar-refractivity contribution in [2.24, 2.45) is 0 Å². The molecule has 1 aromatic rings. The Bertz CT molecular complexity index is 594. The number of carbonyl (C=O) groups excluding carboxylic acids is 1. The van der Waals surface area contributed by atoms with Crippen molar-refractivity contribution >= 4 is 11.6 Å². The smallest absolute Gasteiger partial charge is 0.267 e. The summed E-state index contributed by atoms with van der Waals surface area (Å²) < 4.78 is 10.1. The lowest BCUT2D eigenvalue weighted by Crippen LogP contribution is -2.27. The molecule has 0 bridgehead atoms. The Balaban J connectivity index is 2.87. The first-order valence-corrected chi connectivity index (χ1v) is 7.92. The van der Waals surface area contributed by atoms with E-state index in [1.807, 2.05) is 38.1 Å². The predicted molar refractivity (Wildman–Crippen MR) is 93.3 cm³/mol. The van der Waals surface area contributed by atoms with Gasteiger partial charge in [-0.3, -0.25) is 4.79 Å². The van der Waals surface area contributed by atoms with Crippen molar-refractivity contribution in [3.8, 4) is 6.07 Å². The quantitative estimate of drug-likeness (QED) is 0.412. The summed E-state index contributed by atoms with van der Waals surface area (Å²) in [5, 5.41) is 15.0. The maximum atomic E-state index is 12.4. The zero-order chi connectivity index (χ0) is 17.9. The van der Waals surface area contributed by atoms with Crippen molar-refractivity contribution < 1.29 is 14.3 Å². The van der Waals surface area contributed by atoms with Crippen LogP contribution in [0.4, 0.5) is 5.69 Å². The molecule has 0 aliphatic heterocycles. The van der Waals surface area contributed by atoms with Crippen molar-refractivity contribution in [1.29, 1.82) is 5.26 Å². The number of amides is 1. The average molecular weight is 331 g/mol. The van der Waals surface area contributed by atoms with Crippen LogP contribution in [0.3, 0.4) is 0 Å². The number of ether oxygens (including phenoxy) is 2. The van der Waals surface area contributed by atoms with E-state index in [1.54, 1.807) is 0 Å². The minimum absolute atomic E-state index is 0.00563. The zero-order valence-corrected chi connectivity index (χ0v) is 14.7. The van der Waals surface area contributed by atoms with Crippen LogP contribution in [0.5, 0.6) is 0 Å². The normalized spacial score (nSPS) is 11.2. The number of anilines is 1. The fourth-order valence-corrected chi connectivity index (χ4v) is 2.25. The van der Waals surface area contributed by atoms with Crippen LogP contribution in [0, 0.1) is 11.3 Å². The molecule has 0 radical (unpaired) electrons. The molecule has 2 N–H and O–H groups in total. The first-order chi connectivity index (χ1) is 11.6. The third-order valence-corrected chi connectivity index (χ3v) is 3.66. The van der Waals surface area contributed by atoms with Crippen LogP contribution in [0.2, 0.25) is 0 Å². The first-order valence-electron chi connectivity index (χ1n) is 7.92. The summed E-state index contributed by atoms with van der Waals surface area (Å²) in [7, 11) is 3.04. The number of nitriles is 1. The molecule has 0 atom stereocenters. The summed E-state index contributed by atoms with van der Waals surface area (Å²) in [4.78, 5) is 12.4. The molecule has 1 rings (SSSR count). The van der Waals surface area contributed by atoms with Gasteiger partial charge in [-0.25, -0.2) is 0 Å². The summed E-state index contributed by atoms with van der Waals surface area (Å²) in [5.41, 5.74) is 2.88. The largest absolute Gasteiger partial charge is 0.385 e. The Hall–Kier alpha value is -2.36. The van der Waals surface area contributed by atoms with Crippen LogP contribution in [0.25, 0.3) is 0 Å². The molecular formula is C18H25N3O3. The molecule has 0 spiro atoms. The van der Waals surface area contributed by atoms with Gasteiger partial charge in [-0.2, -0.15) is 5.26 Å². The summed E-state index contributed by atoms with van der Waals surface area (Å²) in [5.74, 6) is -0.438. The number of para-hydroxylation sites is 1.